The van der Waals surface area contributed by atoms with Gasteiger partial charge in [0, 0.05) is 36.2 Å². The zero-order chi connectivity index (χ0) is 20.5. The highest BCUT2D eigenvalue weighted by molar-refractivity contribution is 6.08. The third kappa shape index (κ3) is 5.62. The highest BCUT2D eigenvalue weighted by atomic mass is 15.0. The molecule has 28 heavy (non-hydrogen) atoms. The third-order valence-electron chi connectivity index (χ3n) is 5.19. The van der Waals surface area contributed by atoms with Crippen LogP contribution in [0.3, 0.4) is 0 Å². The molecule has 1 aromatic rings. The van der Waals surface area contributed by atoms with Crippen molar-refractivity contribution in [2.45, 2.75) is 47.0 Å². The molecule has 0 aliphatic heterocycles. The Morgan fingerprint density at radius 2 is 1.75 bits per heavy atom. The monoisotopic (exact) mass is 378 g/mol. The summed E-state index contributed by atoms with van der Waals surface area (Å²) < 4.78 is 0. The molecule has 1 aliphatic carbocycles. The molecule has 4 heteroatoms. The van der Waals surface area contributed by atoms with Crippen LogP contribution < -0.4 is 16.4 Å². The number of nitrogens with zero attached hydrogens (tertiary/aromatic N) is 1. The van der Waals surface area contributed by atoms with Crippen LogP contribution in [0.4, 0.5) is 5.69 Å². The van der Waals surface area contributed by atoms with Crippen molar-refractivity contribution < 1.29 is 0 Å². The van der Waals surface area contributed by atoms with Gasteiger partial charge in [0.25, 0.3) is 0 Å². The average molecular weight is 379 g/mol. The number of nitrogens with one attached hydrogen (secondary N) is 2. The van der Waals surface area contributed by atoms with Crippen LogP contribution in [0.25, 0.3) is 0 Å². The van der Waals surface area contributed by atoms with Gasteiger partial charge in [-0.2, -0.15) is 0 Å². The van der Waals surface area contributed by atoms with E-state index < -0.39 is 0 Å². The van der Waals surface area contributed by atoms with Crippen molar-refractivity contribution in [3.63, 3.8) is 0 Å². The lowest BCUT2D eigenvalue weighted by Crippen LogP contribution is -2.19. The lowest BCUT2D eigenvalue weighted by Gasteiger charge is -2.24. The Bertz CT molecular complexity index is 817. The second-order valence-electron chi connectivity index (χ2n) is 7.15. The lowest BCUT2D eigenvalue weighted by molar-refractivity contribution is 0.634. The first kappa shape index (κ1) is 21.5. The summed E-state index contributed by atoms with van der Waals surface area (Å²) in [6, 6.07) is 10.0. The fraction of sp³-hybridized carbons (Fsp3) is 0.375. The summed E-state index contributed by atoms with van der Waals surface area (Å²) in [6.07, 6.45) is 7.79. The Morgan fingerprint density at radius 1 is 1.07 bits per heavy atom. The van der Waals surface area contributed by atoms with Gasteiger partial charge in [-0.1, -0.05) is 24.3 Å². The first-order valence-corrected chi connectivity index (χ1v) is 10.0. The zero-order valence-corrected chi connectivity index (χ0v) is 17.9. The minimum Gasteiger partial charge on any atom is -0.398 e. The second kappa shape index (κ2) is 10.5. The summed E-state index contributed by atoms with van der Waals surface area (Å²) in [7, 11) is 1.77. The van der Waals surface area contributed by atoms with Crippen molar-refractivity contribution in [3.05, 3.63) is 76.2 Å². The first-order valence-electron chi connectivity index (χ1n) is 10.0. The van der Waals surface area contributed by atoms with Gasteiger partial charge in [-0.3, -0.25) is 4.99 Å². The van der Waals surface area contributed by atoms with Gasteiger partial charge in [0.05, 0.1) is 0 Å². The summed E-state index contributed by atoms with van der Waals surface area (Å²) in [4.78, 5) is 4.37. The number of hydrogen-bond acceptors (Lipinski definition) is 3. The fourth-order valence-electron chi connectivity index (χ4n) is 3.08. The molecular formula is C24H34N4. The maximum Gasteiger partial charge on any atom is 0.130 e. The van der Waals surface area contributed by atoms with Gasteiger partial charge in [0.1, 0.15) is 5.84 Å². The molecule has 4 nitrogen and oxygen atoms in total. The van der Waals surface area contributed by atoms with E-state index in [0.29, 0.717) is 5.70 Å². The van der Waals surface area contributed by atoms with Gasteiger partial charge in [-0.05, 0) is 81.9 Å². The smallest absolute Gasteiger partial charge is 0.130 e. The standard InChI is InChI=1S/C24H34N4/c1-6-27-23(20-11-10-12-20)18(3)17(2)15-16-22(25)19(4)24(26-5)28-21-13-8-7-9-14-21/h7-9,13-16,27H,6,10-12,25H2,1-5H3,(H,26,28)/b16-15+,18-17+,22-19?. The fourth-order valence-corrected chi connectivity index (χ4v) is 3.08. The Hall–Kier alpha value is -2.75. The number of amidine groups is 1. The van der Waals surface area contributed by atoms with E-state index in [2.05, 4.69) is 42.5 Å². The highest BCUT2D eigenvalue weighted by Crippen LogP contribution is 2.31. The third-order valence-corrected chi connectivity index (χ3v) is 5.19. The maximum absolute atomic E-state index is 6.35. The number of anilines is 1. The molecule has 0 spiro atoms. The van der Waals surface area contributed by atoms with Gasteiger partial charge in [0.15, 0.2) is 0 Å². The number of hydrogen-bond donors (Lipinski definition) is 3. The Labute approximate surface area is 170 Å². The molecule has 2 rings (SSSR count). The molecule has 0 bridgehead atoms. The van der Waals surface area contributed by atoms with Crippen LogP contribution in [0.5, 0.6) is 0 Å². The quantitative estimate of drug-likeness (QED) is 0.343. The summed E-state index contributed by atoms with van der Waals surface area (Å²) in [6.45, 7) is 9.40. The molecule has 1 aromatic carbocycles. The second-order valence-corrected chi connectivity index (χ2v) is 7.15. The van der Waals surface area contributed by atoms with E-state index in [4.69, 9.17) is 5.73 Å². The Balaban J connectivity index is 2.20. The summed E-state index contributed by atoms with van der Waals surface area (Å²) >= 11 is 0. The SMILES string of the molecule is CCNC(=C1CCC1)/C(C)=C(C)/C=C/C(N)=C(C)C(=NC)Nc1ccccc1. The maximum atomic E-state index is 6.35. The highest BCUT2D eigenvalue weighted by Gasteiger charge is 2.16. The van der Waals surface area contributed by atoms with Crippen LogP contribution in [0.2, 0.25) is 0 Å². The minimum absolute atomic E-state index is 0.706. The largest absolute Gasteiger partial charge is 0.398 e. The van der Waals surface area contributed by atoms with Gasteiger partial charge in [-0.25, -0.2) is 0 Å². The summed E-state index contributed by atoms with van der Waals surface area (Å²) in [5.41, 5.74) is 14.4. The number of rotatable bonds is 7. The topological polar surface area (TPSA) is 62.4 Å². The molecule has 0 amide bonds. The molecule has 4 N–H and O–H groups in total. The minimum atomic E-state index is 0.706. The molecule has 150 valence electrons. The van der Waals surface area contributed by atoms with Crippen LogP contribution in [-0.4, -0.2) is 19.4 Å². The summed E-state index contributed by atoms with van der Waals surface area (Å²) in [5, 5.41) is 6.88. The lowest BCUT2D eigenvalue weighted by atomic mass is 9.87. The van der Waals surface area contributed by atoms with Crippen molar-refractivity contribution >= 4 is 11.5 Å². The van der Waals surface area contributed by atoms with E-state index in [1.807, 2.05) is 43.3 Å². The van der Waals surface area contributed by atoms with Crippen molar-refractivity contribution in [2.75, 3.05) is 18.9 Å². The van der Waals surface area contributed by atoms with E-state index in [-0.39, 0.29) is 0 Å². The molecule has 0 saturated heterocycles. The first-order chi connectivity index (χ1) is 13.5. The normalized spacial score (nSPS) is 16.3. The van der Waals surface area contributed by atoms with E-state index in [0.717, 1.165) is 23.6 Å². The van der Waals surface area contributed by atoms with Crippen molar-refractivity contribution in [1.82, 2.24) is 5.32 Å². The van der Waals surface area contributed by atoms with Crippen molar-refractivity contribution in [3.8, 4) is 0 Å². The molecule has 1 fully saturated rings. The Morgan fingerprint density at radius 3 is 2.29 bits per heavy atom. The molecule has 0 atom stereocenters. The number of aliphatic imine (C=N–C) groups is 1. The number of para-hydroxylation sites is 1. The number of allylic oxidation sites excluding steroid dienone is 5. The van der Waals surface area contributed by atoms with Gasteiger partial charge >= 0.3 is 0 Å². The molecular weight excluding hydrogens is 344 g/mol. The molecule has 0 radical (unpaired) electrons. The number of nitrogens with two attached hydrogens (primary N) is 1. The zero-order valence-electron chi connectivity index (χ0n) is 17.9. The van der Waals surface area contributed by atoms with Crippen molar-refractivity contribution in [1.29, 1.82) is 0 Å². The van der Waals surface area contributed by atoms with E-state index in [9.17, 15) is 0 Å². The predicted molar refractivity (Wildman–Crippen MR) is 122 cm³/mol. The van der Waals surface area contributed by atoms with E-state index >= 15 is 0 Å². The number of likely N-dealkylation sites (N-methyl/N-ethyl adjacent to an activating group) is 1. The number of benzene rings is 1. The van der Waals surface area contributed by atoms with E-state index in [1.165, 1.54) is 36.1 Å². The van der Waals surface area contributed by atoms with Crippen LogP contribution in [0.1, 0.15) is 47.0 Å². The molecule has 0 heterocycles. The molecule has 0 aromatic heterocycles. The van der Waals surface area contributed by atoms with Gasteiger partial charge < -0.3 is 16.4 Å². The average Bonchev–Trinajstić information content (AvgIpc) is 2.67. The van der Waals surface area contributed by atoms with E-state index in [1.54, 1.807) is 12.6 Å². The van der Waals surface area contributed by atoms with Crippen LogP contribution in [0.15, 0.2) is 81.2 Å². The Kier molecular flexibility index (Phi) is 8.12. The van der Waals surface area contributed by atoms with Crippen LogP contribution in [0, 0.1) is 0 Å². The van der Waals surface area contributed by atoms with Crippen LogP contribution in [-0.2, 0) is 0 Å². The molecule has 1 saturated carbocycles. The predicted octanol–water partition coefficient (Wildman–Crippen LogP) is 5.30. The van der Waals surface area contributed by atoms with Gasteiger partial charge in [-0.15, -0.1) is 0 Å². The van der Waals surface area contributed by atoms with Crippen LogP contribution >= 0.6 is 0 Å². The van der Waals surface area contributed by atoms with Gasteiger partial charge in [0.2, 0.25) is 0 Å². The van der Waals surface area contributed by atoms with Crippen molar-refractivity contribution in [2.24, 2.45) is 10.7 Å². The summed E-state index contributed by atoms with van der Waals surface area (Å²) in [5.74, 6) is 0.775. The molecule has 1 aliphatic rings. The molecule has 0 unspecified atom stereocenters.